The van der Waals surface area contributed by atoms with Gasteiger partial charge in [-0.2, -0.15) is 26.3 Å². The van der Waals surface area contributed by atoms with E-state index in [0.29, 0.717) is 0 Å². The van der Waals surface area contributed by atoms with Crippen LogP contribution >= 0.6 is 0 Å². The van der Waals surface area contributed by atoms with Gasteiger partial charge in [0.2, 0.25) is 0 Å². The molecule has 0 heterocycles. The summed E-state index contributed by atoms with van der Waals surface area (Å²) >= 11 is 0. The van der Waals surface area contributed by atoms with Crippen LogP contribution in [-0.4, -0.2) is 18.1 Å². The molecule has 0 spiro atoms. The molecule has 0 saturated heterocycles. The number of Topliss-reactive ketones (excluding diaryl/α,β-unsaturated/α-hetero) is 1. The van der Waals surface area contributed by atoms with Gasteiger partial charge in [0.25, 0.3) is 0 Å². The number of ketones is 1. The summed E-state index contributed by atoms with van der Waals surface area (Å²) in [5.41, 5.74) is 9.79. The smallest absolute Gasteiger partial charge is 0.399 e. The molecule has 2 aromatic carbocycles. The van der Waals surface area contributed by atoms with Gasteiger partial charge in [-0.05, 0) is 35.4 Å². The maximum Gasteiger partial charge on any atom is 0.402 e. The molecule has 0 radical (unpaired) electrons. The maximum atomic E-state index is 13.4. The minimum Gasteiger partial charge on any atom is -0.399 e. The van der Waals surface area contributed by atoms with Crippen LogP contribution in [0.25, 0.3) is 0 Å². The van der Waals surface area contributed by atoms with Crippen molar-refractivity contribution in [3.8, 4) is 0 Å². The summed E-state index contributed by atoms with van der Waals surface area (Å²) in [6, 6.07) is 7.92. The molecule has 2 unspecified atom stereocenters. The standard InChI is InChI=1S/C17H14F6N2O/c18-16(19,20)13(9-1-5-11(24)6-2-9)15(26)14(17(21,22)23)10-3-7-12(25)8-4-10/h1-8,13-14H,24-25H2. The molecular formula is C17H14F6N2O. The summed E-state index contributed by atoms with van der Waals surface area (Å²) < 4.78 is 80.7. The van der Waals surface area contributed by atoms with Crippen LogP contribution in [0.5, 0.6) is 0 Å². The van der Waals surface area contributed by atoms with E-state index >= 15 is 0 Å². The molecule has 140 valence electrons. The zero-order valence-corrected chi connectivity index (χ0v) is 13.1. The second-order valence-electron chi connectivity index (χ2n) is 5.68. The Morgan fingerprint density at radius 1 is 0.654 bits per heavy atom. The Morgan fingerprint density at radius 3 is 1.15 bits per heavy atom. The zero-order chi connectivity index (χ0) is 19.7. The summed E-state index contributed by atoms with van der Waals surface area (Å²) in [6.07, 6.45) is -10.4. The Hall–Kier alpha value is -2.71. The van der Waals surface area contributed by atoms with Crippen molar-refractivity contribution in [3.05, 3.63) is 59.7 Å². The first-order chi connectivity index (χ1) is 11.9. The Bertz CT molecular complexity index is 700. The highest BCUT2D eigenvalue weighted by Gasteiger charge is 2.55. The number of hydrogen-bond acceptors (Lipinski definition) is 3. The number of carbonyl (C=O) groups excluding carboxylic acids is 1. The van der Waals surface area contributed by atoms with Crippen LogP contribution in [0.1, 0.15) is 23.0 Å². The van der Waals surface area contributed by atoms with Crippen LogP contribution in [0.3, 0.4) is 0 Å². The summed E-state index contributed by atoms with van der Waals surface area (Å²) in [5.74, 6) is -7.89. The van der Waals surface area contributed by atoms with Gasteiger partial charge in [-0.1, -0.05) is 24.3 Å². The highest BCUT2D eigenvalue weighted by atomic mass is 19.4. The fourth-order valence-corrected chi connectivity index (χ4v) is 2.57. The molecule has 0 bridgehead atoms. The predicted octanol–water partition coefficient (Wildman–Crippen LogP) is 4.41. The molecule has 3 nitrogen and oxygen atoms in total. The Morgan fingerprint density at radius 2 is 0.923 bits per heavy atom. The van der Waals surface area contributed by atoms with Crippen molar-refractivity contribution >= 4 is 17.2 Å². The lowest BCUT2D eigenvalue weighted by Crippen LogP contribution is -2.38. The molecule has 0 fully saturated rings. The molecule has 2 rings (SSSR count). The number of rotatable bonds is 4. The van der Waals surface area contributed by atoms with Crippen molar-refractivity contribution < 1.29 is 31.1 Å². The van der Waals surface area contributed by atoms with Crippen LogP contribution in [0, 0.1) is 0 Å². The third-order valence-electron chi connectivity index (χ3n) is 3.76. The number of halogens is 6. The van der Waals surface area contributed by atoms with Crippen molar-refractivity contribution in [2.75, 3.05) is 11.5 Å². The summed E-state index contributed by atoms with van der Waals surface area (Å²) in [4.78, 5) is 12.4. The maximum absolute atomic E-state index is 13.4. The predicted molar refractivity (Wildman–Crippen MR) is 84.3 cm³/mol. The lowest BCUT2D eigenvalue weighted by atomic mass is 9.82. The number of alkyl halides is 6. The quantitative estimate of drug-likeness (QED) is 0.613. The van der Waals surface area contributed by atoms with Crippen molar-refractivity contribution in [3.63, 3.8) is 0 Å². The van der Waals surface area contributed by atoms with E-state index < -0.39 is 41.1 Å². The number of nitrogens with two attached hydrogens (primary N) is 2. The lowest BCUT2D eigenvalue weighted by molar-refractivity contribution is -0.183. The fourth-order valence-electron chi connectivity index (χ4n) is 2.57. The van der Waals surface area contributed by atoms with E-state index in [1.165, 1.54) is 0 Å². The first kappa shape index (κ1) is 19.6. The topological polar surface area (TPSA) is 69.1 Å². The first-order valence-corrected chi connectivity index (χ1v) is 7.29. The third-order valence-corrected chi connectivity index (χ3v) is 3.76. The van der Waals surface area contributed by atoms with Gasteiger partial charge in [0.1, 0.15) is 11.8 Å². The molecule has 0 saturated carbocycles. The molecule has 0 amide bonds. The van der Waals surface area contributed by atoms with E-state index in [4.69, 9.17) is 11.5 Å². The molecule has 0 aromatic heterocycles. The van der Waals surface area contributed by atoms with Crippen LogP contribution < -0.4 is 11.5 Å². The van der Waals surface area contributed by atoms with E-state index in [0.717, 1.165) is 48.5 Å². The lowest BCUT2D eigenvalue weighted by Gasteiger charge is -2.26. The van der Waals surface area contributed by atoms with E-state index in [1.807, 2.05) is 0 Å². The number of hydrogen-bond donors (Lipinski definition) is 2. The third kappa shape index (κ3) is 4.27. The SMILES string of the molecule is Nc1ccc(C(C(=O)C(c2ccc(N)cc2)C(F)(F)F)C(F)(F)F)cc1. The zero-order valence-electron chi connectivity index (χ0n) is 13.1. The van der Waals surface area contributed by atoms with Gasteiger partial charge in [0.05, 0.1) is 0 Å². The largest absolute Gasteiger partial charge is 0.402 e. The van der Waals surface area contributed by atoms with E-state index in [1.54, 1.807) is 0 Å². The van der Waals surface area contributed by atoms with Gasteiger partial charge in [0.15, 0.2) is 5.78 Å². The molecule has 4 N–H and O–H groups in total. The second-order valence-corrected chi connectivity index (χ2v) is 5.68. The van der Waals surface area contributed by atoms with Gasteiger partial charge in [-0.25, -0.2) is 0 Å². The van der Waals surface area contributed by atoms with Gasteiger partial charge in [0, 0.05) is 11.4 Å². The molecular weight excluding hydrogens is 362 g/mol. The van der Waals surface area contributed by atoms with Crippen LogP contribution in [0.2, 0.25) is 0 Å². The van der Waals surface area contributed by atoms with Crippen molar-refractivity contribution in [1.29, 1.82) is 0 Å². The number of carbonyl (C=O) groups is 1. The van der Waals surface area contributed by atoms with Crippen LogP contribution in [-0.2, 0) is 4.79 Å². The number of nitrogen functional groups attached to an aromatic ring is 2. The normalized spacial score (nSPS) is 14.7. The van der Waals surface area contributed by atoms with Crippen LogP contribution in [0.15, 0.2) is 48.5 Å². The Balaban J connectivity index is 2.55. The first-order valence-electron chi connectivity index (χ1n) is 7.29. The molecule has 2 atom stereocenters. The summed E-state index contributed by atoms with van der Waals surface area (Å²) in [5, 5.41) is 0. The average molecular weight is 376 g/mol. The summed E-state index contributed by atoms with van der Waals surface area (Å²) in [7, 11) is 0. The monoisotopic (exact) mass is 376 g/mol. The minimum absolute atomic E-state index is 0.119. The molecule has 2 aromatic rings. The highest BCUT2D eigenvalue weighted by Crippen LogP contribution is 2.44. The fraction of sp³-hybridized carbons (Fsp3) is 0.235. The van der Waals surface area contributed by atoms with Gasteiger partial charge < -0.3 is 11.5 Å². The average Bonchev–Trinajstić information content (AvgIpc) is 2.49. The molecule has 0 aliphatic heterocycles. The van der Waals surface area contributed by atoms with Gasteiger partial charge in [-0.15, -0.1) is 0 Å². The molecule has 26 heavy (non-hydrogen) atoms. The summed E-state index contributed by atoms with van der Waals surface area (Å²) in [6.45, 7) is 0. The van der Waals surface area contributed by atoms with E-state index in [-0.39, 0.29) is 11.4 Å². The van der Waals surface area contributed by atoms with E-state index in [2.05, 4.69) is 0 Å². The van der Waals surface area contributed by atoms with Crippen LogP contribution in [0.4, 0.5) is 37.7 Å². The Labute approximate surface area is 144 Å². The molecule has 0 aliphatic carbocycles. The number of benzene rings is 2. The number of anilines is 2. The van der Waals surface area contributed by atoms with E-state index in [9.17, 15) is 31.1 Å². The Kier molecular flexibility index (Phi) is 5.20. The van der Waals surface area contributed by atoms with Crippen molar-refractivity contribution in [1.82, 2.24) is 0 Å². The van der Waals surface area contributed by atoms with Gasteiger partial charge >= 0.3 is 12.4 Å². The molecule has 0 aliphatic rings. The van der Waals surface area contributed by atoms with Crippen molar-refractivity contribution in [2.45, 2.75) is 24.2 Å². The second kappa shape index (κ2) is 6.89. The molecule has 9 heteroatoms. The highest BCUT2D eigenvalue weighted by molar-refractivity contribution is 5.93. The van der Waals surface area contributed by atoms with Gasteiger partial charge in [-0.3, -0.25) is 4.79 Å². The van der Waals surface area contributed by atoms with Crippen molar-refractivity contribution in [2.24, 2.45) is 0 Å². The minimum atomic E-state index is -5.20.